The lowest BCUT2D eigenvalue weighted by atomic mass is 10.1. The molecule has 0 spiro atoms. The van der Waals surface area contributed by atoms with E-state index in [1.807, 2.05) is 24.3 Å². The molecule has 0 unspecified atom stereocenters. The van der Waals surface area contributed by atoms with Crippen molar-refractivity contribution in [3.05, 3.63) is 65.2 Å². The Morgan fingerprint density at radius 2 is 1.79 bits per heavy atom. The predicted octanol–water partition coefficient (Wildman–Crippen LogP) is 3.72. The zero-order valence-electron chi connectivity index (χ0n) is 10.6. The molecule has 4 heteroatoms. The summed E-state index contributed by atoms with van der Waals surface area (Å²) < 4.78 is 31.4. The molecule has 2 aromatic carbocycles. The maximum Gasteiger partial charge on any atom is 0.149 e. The SMILES string of the molecule is COCc1ccccc1CNc1ccc(F)cc1F. The quantitative estimate of drug-likeness (QED) is 0.887. The second-order valence-electron chi connectivity index (χ2n) is 4.18. The molecule has 0 saturated heterocycles. The molecule has 0 bridgehead atoms. The summed E-state index contributed by atoms with van der Waals surface area (Å²) >= 11 is 0. The molecule has 0 aliphatic heterocycles. The van der Waals surface area contributed by atoms with E-state index in [2.05, 4.69) is 5.32 Å². The largest absolute Gasteiger partial charge is 0.380 e. The third kappa shape index (κ3) is 3.51. The molecule has 2 rings (SSSR count). The molecule has 0 heterocycles. The van der Waals surface area contributed by atoms with Gasteiger partial charge in [-0.25, -0.2) is 8.78 Å². The van der Waals surface area contributed by atoms with Crippen molar-refractivity contribution in [3.8, 4) is 0 Å². The Morgan fingerprint density at radius 3 is 2.47 bits per heavy atom. The highest BCUT2D eigenvalue weighted by molar-refractivity contribution is 5.45. The molecule has 2 aromatic rings. The van der Waals surface area contributed by atoms with Gasteiger partial charge >= 0.3 is 0 Å². The Morgan fingerprint density at radius 1 is 1.05 bits per heavy atom. The lowest BCUT2D eigenvalue weighted by molar-refractivity contribution is 0.184. The third-order valence-corrected chi connectivity index (χ3v) is 2.82. The highest BCUT2D eigenvalue weighted by Crippen LogP contribution is 2.17. The van der Waals surface area contributed by atoms with E-state index in [-0.39, 0.29) is 5.69 Å². The normalized spacial score (nSPS) is 10.5. The van der Waals surface area contributed by atoms with Crippen molar-refractivity contribution >= 4 is 5.69 Å². The predicted molar refractivity (Wildman–Crippen MR) is 70.8 cm³/mol. The van der Waals surface area contributed by atoms with Crippen LogP contribution in [0.3, 0.4) is 0 Å². The van der Waals surface area contributed by atoms with Gasteiger partial charge in [-0.1, -0.05) is 24.3 Å². The Balaban J connectivity index is 2.10. The van der Waals surface area contributed by atoms with E-state index in [4.69, 9.17) is 4.74 Å². The van der Waals surface area contributed by atoms with Crippen molar-refractivity contribution in [2.75, 3.05) is 12.4 Å². The molecule has 0 fully saturated rings. The van der Waals surface area contributed by atoms with Gasteiger partial charge in [0.05, 0.1) is 12.3 Å². The van der Waals surface area contributed by atoms with Crippen LogP contribution in [0.1, 0.15) is 11.1 Å². The highest BCUT2D eigenvalue weighted by atomic mass is 19.1. The molecule has 1 N–H and O–H groups in total. The first kappa shape index (κ1) is 13.5. The molecule has 19 heavy (non-hydrogen) atoms. The summed E-state index contributed by atoms with van der Waals surface area (Å²) in [7, 11) is 1.63. The first-order chi connectivity index (χ1) is 9.20. The average molecular weight is 263 g/mol. The Kier molecular flexibility index (Phi) is 4.47. The number of anilines is 1. The summed E-state index contributed by atoms with van der Waals surface area (Å²) in [6.45, 7) is 0.964. The molecule has 0 amide bonds. The molecule has 2 nitrogen and oxygen atoms in total. The van der Waals surface area contributed by atoms with Crippen molar-refractivity contribution in [1.82, 2.24) is 0 Å². The van der Waals surface area contributed by atoms with Gasteiger partial charge < -0.3 is 10.1 Å². The fourth-order valence-electron chi connectivity index (χ4n) is 1.85. The number of hydrogen-bond donors (Lipinski definition) is 1. The number of hydrogen-bond acceptors (Lipinski definition) is 2. The van der Waals surface area contributed by atoms with Crippen molar-refractivity contribution in [2.24, 2.45) is 0 Å². The van der Waals surface area contributed by atoms with E-state index in [1.165, 1.54) is 12.1 Å². The number of ether oxygens (including phenoxy) is 1. The zero-order valence-corrected chi connectivity index (χ0v) is 10.6. The molecular formula is C15H15F2NO. The zero-order chi connectivity index (χ0) is 13.7. The summed E-state index contributed by atoms with van der Waals surface area (Å²) in [6.07, 6.45) is 0. The van der Waals surface area contributed by atoms with Crippen LogP contribution >= 0.6 is 0 Å². The Labute approximate surface area is 111 Å². The van der Waals surface area contributed by atoms with Crippen LogP contribution in [0.15, 0.2) is 42.5 Å². The van der Waals surface area contributed by atoms with Crippen molar-refractivity contribution in [2.45, 2.75) is 13.2 Å². The molecule has 0 saturated carbocycles. The number of nitrogens with one attached hydrogen (secondary N) is 1. The number of halogens is 2. The van der Waals surface area contributed by atoms with E-state index in [0.717, 1.165) is 17.2 Å². The molecule has 0 radical (unpaired) electrons. The van der Waals surface area contributed by atoms with Gasteiger partial charge in [-0.2, -0.15) is 0 Å². The van der Waals surface area contributed by atoms with E-state index in [1.54, 1.807) is 7.11 Å². The number of methoxy groups -OCH3 is 1. The fourth-order valence-corrected chi connectivity index (χ4v) is 1.85. The average Bonchev–Trinajstić information content (AvgIpc) is 2.40. The van der Waals surface area contributed by atoms with Gasteiger partial charge in [0.1, 0.15) is 11.6 Å². The Hall–Kier alpha value is -1.94. The minimum absolute atomic E-state index is 0.286. The minimum Gasteiger partial charge on any atom is -0.380 e. The van der Waals surface area contributed by atoms with E-state index >= 15 is 0 Å². The fraction of sp³-hybridized carbons (Fsp3) is 0.200. The first-order valence-corrected chi connectivity index (χ1v) is 5.95. The molecule has 0 aromatic heterocycles. The van der Waals surface area contributed by atoms with Crippen LogP contribution in [0.2, 0.25) is 0 Å². The van der Waals surface area contributed by atoms with Gasteiger partial charge in [0.15, 0.2) is 0 Å². The van der Waals surface area contributed by atoms with Gasteiger partial charge in [-0.05, 0) is 23.3 Å². The standard InChI is InChI=1S/C15H15F2NO/c1-19-10-12-5-3-2-4-11(12)9-18-15-7-6-13(16)8-14(15)17/h2-8,18H,9-10H2,1H3. The van der Waals surface area contributed by atoms with Crippen LogP contribution in [0, 0.1) is 11.6 Å². The summed E-state index contributed by atoms with van der Waals surface area (Å²) in [5.41, 5.74) is 2.35. The molecular weight excluding hydrogens is 248 g/mol. The van der Waals surface area contributed by atoms with Crippen molar-refractivity contribution < 1.29 is 13.5 Å². The van der Waals surface area contributed by atoms with Crippen LogP contribution in [0.5, 0.6) is 0 Å². The van der Waals surface area contributed by atoms with Crippen LogP contribution in [-0.4, -0.2) is 7.11 Å². The van der Waals surface area contributed by atoms with Crippen molar-refractivity contribution in [1.29, 1.82) is 0 Å². The third-order valence-electron chi connectivity index (χ3n) is 2.82. The topological polar surface area (TPSA) is 21.3 Å². The number of rotatable bonds is 5. The monoisotopic (exact) mass is 263 g/mol. The number of benzene rings is 2. The van der Waals surface area contributed by atoms with E-state index < -0.39 is 11.6 Å². The second kappa shape index (κ2) is 6.29. The minimum atomic E-state index is -0.593. The van der Waals surface area contributed by atoms with Crippen LogP contribution in [0.25, 0.3) is 0 Å². The Bertz CT molecular complexity index is 558. The molecule has 0 atom stereocenters. The summed E-state index contributed by atoms with van der Waals surface area (Å²) in [6, 6.07) is 11.2. The van der Waals surface area contributed by atoms with Gasteiger partial charge in [0.2, 0.25) is 0 Å². The van der Waals surface area contributed by atoms with Crippen LogP contribution < -0.4 is 5.32 Å². The lowest BCUT2D eigenvalue weighted by Crippen LogP contribution is -2.05. The van der Waals surface area contributed by atoms with Crippen molar-refractivity contribution in [3.63, 3.8) is 0 Å². The molecule has 100 valence electrons. The first-order valence-electron chi connectivity index (χ1n) is 5.95. The molecule has 0 aliphatic rings. The smallest absolute Gasteiger partial charge is 0.149 e. The van der Waals surface area contributed by atoms with Crippen LogP contribution in [-0.2, 0) is 17.9 Å². The van der Waals surface area contributed by atoms with Crippen LogP contribution in [0.4, 0.5) is 14.5 Å². The maximum absolute atomic E-state index is 13.5. The van der Waals surface area contributed by atoms with Gasteiger partial charge in [0, 0.05) is 19.7 Å². The lowest BCUT2D eigenvalue weighted by Gasteiger charge is -2.11. The van der Waals surface area contributed by atoms with Gasteiger partial charge in [-0.15, -0.1) is 0 Å². The summed E-state index contributed by atoms with van der Waals surface area (Å²) in [4.78, 5) is 0. The van der Waals surface area contributed by atoms with E-state index in [9.17, 15) is 8.78 Å². The summed E-state index contributed by atoms with van der Waals surface area (Å²) in [5.74, 6) is -1.17. The maximum atomic E-state index is 13.5. The van der Waals surface area contributed by atoms with Gasteiger partial charge in [-0.3, -0.25) is 0 Å². The summed E-state index contributed by atoms with van der Waals surface area (Å²) in [5, 5.41) is 2.96. The van der Waals surface area contributed by atoms with Gasteiger partial charge in [0.25, 0.3) is 0 Å². The molecule has 0 aliphatic carbocycles. The van der Waals surface area contributed by atoms with E-state index in [0.29, 0.717) is 13.2 Å². The second-order valence-corrected chi connectivity index (χ2v) is 4.18. The highest BCUT2D eigenvalue weighted by Gasteiger charge is 2.05.